The van der Waals surface area contributed by atoms with Crippen molar-refractivity contribution in [1.29, 1.82) is 0 Å². The quantitative estimate of drug-likeness (QED) is 0.126. The number of anilines is 1. The molecule has 0 bridgehead atoms. The number of imidazole rings is 1. The molecule has 0 radical (unpaired) electrons. The summed E-state index contributed by atoms with van der Waals surface area (Å²) in [5, 5.41) is 4.61. The lowest BCUT2D eigenvalue weighted by atomic mass is 9.87. The molecule has 4 heterocycles. The van der Waals surface area contributed by atoms with Gasteiger partial charge in [0.1, 0.15) is 23.6 Å². The van der Waals surface area contributed by atoms with Crippen LogP contribution in [0.3, 0.4) is 0 Å². The van der Waals surface area contributed by atoms with Gasteiger partial charge in [0, 0.05) is 50.5 Å². The molecule has 5 aromatic rings. The van der Waals surface area contributed by atoms with E-state index in [1.807, 2.05) is 41.0 Å². The normalized spacial score (nSPS) is 20.7. The number of aromatic amines is 1. The number of hydrogen-bond donors (Lipinski definition) is 2. The molecule has 0 saturated carbocycles. The van der Waals surface area contributed by atoms with E-state index < -0.39 is 67.9 Å². The van der Waals surface area contributed by atoms with E-state index in [-0.39, 0.29) is 29.5 Å². The first kappa shape index (κ1) is 37.5. The van der Waals surface area contributed by atoms with Crippen molar-refractivity contribution < 1.29 is 26.8 Å². The molecule has 13 heteroatoms. The highest BCUT2D eigenvalue weighted by Gasteiger charge is 2.53. The molecule has 1 amide bonds. The third kappa shape index (κ3) is 7.07. The highest BCUT2D eigenvalue weighted by molar-refractivity contribution is 6.99. The minimum atomic E-state index is -3.12. The molecule has 0 aliphatic carbocycles. The molecule has 2 aliphatic rings. The summed E-state index contributed by atoms with van der Waals surface area (Å²) in [6.07, 6.45) is 2.20. The predicted octanol–water partition coefficient (Wildman–Crippen LogP) is 6.91. The summed E-state index contributed by atoms with van der Waals surface area (Å²) >= 11 is 0. The number of halogens is 4. The summed E-state index contributed by atoms with van der Waals surface area (Å²) in [6.45, 7) is 8.01. The summed E-state index contributed by atoms with van der Waals surface area (Å²) in [5.41, 5.74) is 0.293. The number of rotatable bonds is 9. The molecule has 8 nitrogen and oxygen atoms in total. The number of carbonyl (C=O) groups is 1. The third-order valence-corrected chi connectivity index (χ3v) is 15.9. The lowest BCUT2D eigenvalue weighted by molar-refractivity contribution is -0.125. The van der Waals surface area contributed by atoms with Crippen molar-refractivity contribution >= 4 is 30.4 Å². The van der Waals surface area contributed by atoms with E-state index in [0.29, 0.717) is 17.8 Å². The zero-order chi connectivity index (χ0) is 38.4. The first-order valence-corrected chi connectivity index (χ1v) is 20.0. The Morgan fingerprint density at radius 2 is 1.59 bits per heavy atom. The lowest BCUT2D eigenvalue weighted by Gasteiger charge is -2.44. The molecule has 2 aliphatic heterocycles. The van der Waals surface area contributed by atoms with Crippen LogP contribution in [0.4, 0.5) is 23.4 Å². The lowest BCUT2D eigenvalue weighted by Crippen LogP contribution is -2.66. The van der Waals surface area contributed by atoms with Gasteiger partial charge in [0.05, 0.1) is 18.0 Å². The Balaban J connectivity index is 1.22. The molecule has 1 saturated heterocycles. The van der Waals surface area contributed by atoms with Crippen LogP contribution in [0.5, 0.6) is 0 Å². The molecular formula is C41H43F4N5O3Si. The van der Waals surface area contributed by atoms with Crippen molar-refractivity contribution in [2.24, 2.45) is 0 Å². The smallest absolute Gasteiger partial charge is 0.262 e. The number of nitrogens with one attached hydrogen (secondary N) is 2. The van der Waals surface area contributed by atoms with Crippen LogP contribution in [0.15, 0.2) is 108 Å². The number of piperidine rings is 1. The SMILES string of the molecule is CC(C(=O)Nc1cn2c(n1)C(O[Si](c1ccccc1)(c1ccccc1)C(C)(C)C)CC2c1cc(F)cc(F)c1)N1CCC(F)(F)[C@@H](c2ccc(=O)[nH]c2)C1. The number of H-pyrrole nitrogens is 1. The zero-order valence-electron chi connectivity index (χ0n) is 30.5. The van der Waals surface area contributed by atoms with Gasteiger partial charge in [-0.1, -0.05) is 87.5 Å². The molecule has 0 spiro atoms. The fourth-order valence-corrected chi connectivity index (χ4v) is 12.8. The van der Waals surface area contributed by atoms with Crippen LogP contribution in [0.25, 0.3) is 0 Å². The minimum absolute atomic E-state index is 0.0112. The average molecular weight is 758 g/mol. The molecule has 1 fully saturated rings. The Morgan fingerprint density at radius 1 is 0.963 bits per heavy atom. The van der Waals surface area contributed by atoms with E-state index in [1.54, 1.807) is 18.0 Å². The van der Waals surface area contributed by atoms with Crippen molar-refractivity contribution in [3.8, 4) is 0 Å². The van der Waals surface area contributed by atoms with E-state index in [0.717, 1.165) is 16.4 Å². The fraction of sp³-hybridized carbons (Fsp3) is 0.341. The maximum atomic E-state index is 15.1. The Labute approximate surface area is 312 Å². The minimum Gasteiger partial charge on any atom is -0.397 e. The Kier molecular flexibility index (Phi) is 10.0. The van der Waals surface area contributed by atoms with Crippen LogP contribution in [-0.4, -0.2) is 58.7 Å². The summed E-state index contributed by atoms with van der Waals surface area (Å²) in [4.78, 5) is 34.4. The third-order valence-electron chi connectivity index (χ3n) is 10.9. The number of pyridine rings is 1. The highest BCUT2D eigenvalue weighted by Crippen LogP contribution is 2.47. The van der Waals surface area contributed by atoms with Crippen molar-refractivity contribution in [2.45, 2.75) is 75.6 Å². The van der Waals surface area contributed by atoms with Crippen molar-refractivity contribution in [1.82, 2.24) is 19.4 Å². The van der Waals surface area contributed by atoms with Crippen molar-refractivity contribution in [3.63, 3.8) is 0 Å². The van der Waals surface area contributed by atoms with Gasteiger partial charge in [-0.3, -0.25) is 14.5 Å². The van der Waals surface area contributed by atoms with Crippen LogP contribution < -0.4 is 21.2 Å². The molecule has 3 unspecified atom stereocenters. The fourth-order valence-electron chi connectivity index (χ4n) is 8.11. The van der Waals surface area contributed by atoms with Gasteiger partial charge in [-0.25, -0.2) is 22.5 Å². The van der Waals surface area contributed by atoms with Gasteiger partial charge in [-0.05, 0) is 45.6 Å². The first-order chi connectivity index (χ1) is 25.7. The molecule has 282 valence electrons. The molecule has 54 heavy (non-hydrogen) atoms. The van der Waals surface area contributed by atoms with Gasteiger partial charge >= 0.3 is 0 Å². The van der Waals surface area contributed by atoms with Crippen LogP contribution in [0, 0.1) is 11.6 Å². The van der Waals surface area contributed by atoms with E-state index >= 15 is 8.78 Å². The topological polar surface area (TPSA) is 92.2 Å². The van der Waals surface area contributed by atoms with E-state index in [1.165, 1.54) is 30.5 Å². The first-order valence-electron chi connectivity index (χ1n) is 18.1. The van der Waals surface area contributed by atoms with Crippen molar-refractivity contribution in [3.05, 3.63) is 142 Å². The van der Waals surface area contributed by atoms with Gasteiger partial charge < -0.3 is 19.3 Å². The number of aromatic nitrogens is 3. The number of alkyl halides is 2. The van der Waals surface area contributed by atoms with Gasteiger partial charge in [-0.15, -0.1) is 0 Å². The van der Waals surface area contributed by atoms with Crippen LogP contribution in [0.1, 0.15) is 75.6 Å². The molecule has 3 aromatic carbocycles. The largest absolute Gasteiger partial charge is 0.397 e. The summed E-state index contributed by atoms with van der Waals surface area (Å²) in [7, 11) is -3.12. The maximum absolute atomic E-state index is 15.1. The second kappa shape index (κ2) is 14.4. The van der Waals surface area contributed by atoms with Gasteiger partial charge in [-0.2, -0.15) is 0 Å². The van der Waals surface area contributed by atoms with E-state index in [4.69, 9.17) is 9.41 Å². The molecule has 4 atom stereocenters. The van der Waals surface area contributed by atoms with Gasteiger partial charge in [0.25, 0.3) is 14.2 Å². The maximum Gasteiger partial charge on any atom is 0.262 e. The van der Waals surface area contributed by atoms with Crippen LogP contribution in [0.2, 0.25) is 5.04 Å². The van der Waals surface area contributed by atoms with Gasteiger partial charge in [0.15, 0.2) is 5.82 Å². The highest BCUT2D eigenvalue weighted by atomic mass is 28.4. The van der Waals surface area contributed by atoms with Crippen molar-refractivity contribution in [2.75, 3.05) is 18.4 Å². The Hall–Kier alpha value is -4.85. The average Bonchev–Trinajstić information content (AvgIpc) is 3.69. The molecule has 2 aromatic heterocycles. The monoisotopic (exact) mass is 757 g/mol. The molecule has 2 N–H and O–H groups in total. The Bertz CT molecular complexity index is 2110. The number of fused-ring (bicyclic) bond motifs is 1. The molecular weight excluding hydrogens is 715 g/mol. The van der Waals surface area contributed by atoms with Gasteiger partial charge in [0.2, 0.25) is 11.5 Å². The second-order valence-corrected chi connectivity index (χ2v) is 19.6. The number of nitrogens with zero attached hydrogens (tertiary/aromatic N) is 3. The van der Waals surface area contributed by atoms with Crippen LogP contribution >= 0.6 is 0 Å². The van der Waals surface area contributed by atoms with Crippen LogP contribution in [-0.2, 0) is 9.22 Å². The summed E-state index contributed by atoms with van der Waals surface area (Å²) in [6, 6.07) is 24.9. The standard InChI is InChI=1S/C41H43F4N5O3Si/c1-26(49-18-17-41(44,45)33(24-49)27-15-16-37(51)46-23-27)39(52)48-36-25-50-34(28-19-29(42)21-30(43)20-28)22-35(38(50)47-36)53-54(40(2,3)4,31-11-7-5-8-12-31)32-13-9-6-10-14-32/h5-16,19-21,23,25-26,33-35H,17-18,22,24H2,1-4H3,(H,46,51)(H,48,52)/t26?,33-,34?,35?/m1/s1. The number of likely N-dealkylation sites (tertiary alicyclic amines) is 1. The van der Waals surface area contributed by atoms with E-state index in [9.17, 15) is 18.4 Å². The molecule has 7 rings (SSSR count). The Morgan fingerprint density at radius 3 is 2.17 bits per heavy atom. The van der Waals surface area contributed by atoms with E-state index in [2.05, 4.69) is 55.3 Å². The number of carbonyl (C=O) groups excluding carboxylic acids is 1. The number of benzene rings is 3. The zero-order valence-corrected chi connectivity index (χ0v) is 31.5. The number of hydrogen-bond acceptors (Lipinski definition) is 5. The summed E-state index contributed by atoms with van der Waals surface area (Å²) < 4.78 is 68.8. The predicted molar refractivity (Wildman–Crippen MR) is 202 cm³/mol. The summed E-state index contributed by atoms with van der Waals surface area (Å²) in [5.74, 6) is -5.41. The number of amides is 1. The second-order valence-electron chi connectivity index (χ2n) is 15.3.